The number of halogens is 3. The molecule has 0 aromatic carbocycles. The van der Waals surface area contributed by atoms with Crippen LogP contribution in [0.5, 0.6) is 0 Å². The number of hydrogen-bond donors (Lipinski definition) is 0. The van der Waals surface area contributed by atoms with E-state index in [0.717, 1.165) is 31.7 Å². The molecule has 3 aliphatic rings. The molecule has 2 aliphatic carbocycles. The van der Waals surface area contributed by atoms with E-state index in [1.54, 1.807) is 18.0 Å². The SMILES string of the molecule is COC(=O)N(C)[C@]1(C)C[C@H](C(=O)N2CCC3(CC2)CC(c2cccc(C(F)(F)F)n2)C3)C1. The Morgan fingerprint density at radius 3 is 2.34 bits per heavy atom. The number of ether oxygens (including phenoxy) is 1. The predicted molar refractivity (Wildman–Crippen MR) is 111 cm³/mol. The number of amides is 2. The minimum Gasteiger partial charge on any atom is -0.453 e. The van der Waals surface area contributed by atoms with Crippen LogP contribution in [0.25, 0.3) is 0 Å². The van der Waals surface area contributed by atoms with Crippen LogP contribution in [0.2, 0.25) is 0 Å². The van der Waals surface area contributed by atoms with E-state index in [-0.39, 0.29) is 28.7 Å². The third kappa shape index (κ3) is 4.06. The van der Waals surface area contributed by atoms with Gasteiger partial charge in [0.1, 0.15) is 5.69 Å². The Balaban J connectivity index is 1.27. The van der Waals surface area contributed by atoms with Gasteiger partial charge in [-0.05, 0) is 63.0 Å². The van der Waals surface area contributed by atoms with E-state index in [1.807, 2.05) is 11.8 Å². The van der Waals surface area contributed by atoms with Crippen LogP contribution >= 0.6 is 0 Å². The molecule has 1 spiro atoms. The molecule has 0 bridgehead atoms. The van der Waals surface area contributed by atoms with Crippen LogP contribution in [0, 0.1) is 11.3 Å². The normalized spacial score (nSPS) is 27.4. The van der Waals surface area contributed by atoms with Crippen molar-refractivity contribution in [3.05, 3.63) is 29.6 Å². The smallest absolute Gasteiger partial charge is 0.433 e. The van der Waals surface area contributed by atoms with Crippen molar-refractivity contribution in [3.63, 3.8) is 0 Å². The zero-order chi connectivity index (χ0) is 23.3. The highest BCUT2D eigenvalue weighted by atomic mass is 19.4. The van der Waals surface area contributed by atoms with Crippen LogP contribution in [0.1, 0.15) is 62.8 Å². The summed E-state index contributed by atoms with van der Waals surface area (Å²) in [6.07, 6.45) is -0.158. The molecule has 0 N–H and O–H groups in total. The number of hydrogen-bond acceptors (Lipinski definition) is 4. The number of aromatic nitrogens is 1. The quantitative estimate of drug-likeness (QED) is 0.678. The summed E-state index contributed by atoms with van der Waals surface area (Å²) in [6, 6.07) is 4.13. The van der Waals surface area contributed by atoms with Gasteiger partial charge >= 0.3 is 12.3 Å². The fourth-order valence-corrected chi connectivity index (χ4v) is 5.71. The Morgan fingerprint density at radius 2 is 1.78 bits per heavy atom. The zero-order valence-electron chi connectivity index (χ0n) is 18.7. The second kappa shape index (κ2) is 7.92. The van der Waals surface area contributed by atoms with Crippen LogP contribution in [0.3, 0.4) is 0 Å². The van der Waals surface area contributed by atoms with Crippen molar-refractivity contribution in [2.75, 3.05) is 27.2 Å². The molecular formula is C23H30F3N3O3. The van der Waals surface area contributed by atoms with Gasteiger partial charge in [-0.25, -0.2) is 9.78 Å². The van der Waals surface area contributed by atoms with Crippen molar-refractivity contribution in [1.82, 2.24) is 14.8 Å². The number of rotatable bonds is 3. The third-order valence-electron chi connectivity index (χ3n) is 7.95. The van der Waals surface area contributed by atoms with E-state index in [2.05, 4.69) is 4.98 Å². The van der Waals surface area contributed by atoms with Gasteiger partial charge in [0.2, 0.25) is 5.91 Å². The summed E-state index contributed by atoms with van der Waals surface area (Å²) in [5, 5.41) is 0. The molecule has 1 saturated heterocycles. The maximum Gasteiger partial charge on any atom is 0.433 e. The Kier molecular flexibility index (Phi) is 5.66. The highest BCUT2D eigenvalue weighted by Gasteiger charge is 2.52. The Morgan fingerprint density at radius 1 is 1.16 bits per heavy atom. The first-order valence-corrected chi connectivity index (χ1v) is 11.1. The second-order valence-electron chi connectivity index (χ2n) is 10.0. The number of methoxy groups -OCH3 is 1. The van der Waals surface area contributed by atoms with Crippen molar-refractivity contribution in [2.45, 2.75) is 63.1 Å². The number of pyridine rings is 1. The third-order valence-corrected chi connectivity index (χ3v) is 7.95. The maximum atomic E-state index is 12.9. The number of nitrogens with zero attached hydrogens (tertiary/aromatic N) is 3. The molecule has 3 fully saturated rings. The molecule has 1 aromatic rings. The minimum absolute atomic E-state index is 0.0563. The fraction of sp³-hybridized carbons (Fsp3) is 0.696. The van der Waals surface area contributed by atoms with Gasteiger partial charge < -0.3 is 14.5 Å². The first kappa shape index (κ1) is 22.9. The van der Waals surface area contributed by atoms with Crippen LogP contribution in [0.15, 0.2) is 18.2 Å². The molecule has 2 amide bonds. The first-order valence-electron chi connectivity index (χ1n) is 11.1. The summed E-state index contributed by atoms with van der Waals surface area (Å²) >= 11 is 0. The van der Waals surface area contributed by atoms with Gasteiger partial charge in [-0.2, -0.15) is 13.2 Å². The molecular weight excluding hydrogens is 423 g/mol. The highest BCUT2D eigenvalue weighted by molar-refractivity contribution is 5.81. The summed E-state index contributed by atoms with van der Waals surface area (Å²) in [7, 11) is 3.05. The molecule has 0 atom stereocenters. The number of piperidine rings is 1. The van der Waals surface area contributed by atoms with Gasteiger partial charge in [-0.15, -0.1) is 0 Å². The zero-order valence-corrected chi connectivity index (χ0v) is 18.7. The van der Waals surface area contributed by atoms with E-state index in [9.17, 15) is 22.8 Å². The van der Waals surface area contributed by atoms with Crippen molar-refractivity contribution < 1.29 is 27.5 Å². The van der Waals surface area contributed by atoms with Gasteiger partial charge in [0.15, 0.2) is 0 Å². The molecule has 0 radical (unpaired) electrons. The topological polar surface area (TPSA) is 62.7 Å². The lowest BCUT2D eigenvalue weighted by Crippen LogP contribution is -2.60. The summed E-state index contributed by atoms with van der Waals surface area (Å²) in [6.45, 7) is 3.33. The summed E-state index contributed by atoms with van der Waals surface area (Å²) in [4.78, 5) is 32.1. The van der Waals surface area contributed by atoms with Gasteiger partial charge in [0, 0.05) is 43.2 Å². The molecule has 6 nitrogen and oxygen atoms in total. The Bertz CT molecular complexity index is 882. The van der Waals surface area contributed by atoms with Gasteiger partial charge in [0.05, 0.1) is 7.11 Å². The minimum atomic E-state index is -4.42. The van der Waals surface area contributed by atoms with Gasteiger partial charge in [-0.3, -0.25) is 4.79 Å². The summed E-state index contributed by atoms with van der Waals surface area (Å²) < 4.78 is 43.6. The van der Waals surface area contributed by atoms with E-state index in [1.165, 1.54) is 13.2 Å². The fourth-order valence-electron chi connectivity index (χ4n) is 5.71. The predicted octanol–water partition coefficient (Wildman–Crippen LogP) is 4.45. The van der Waals surface area contributed by atoms with E-state index < -0.39 is 18.0 Å². The molecule has 1 aliphatic heterocycles. The number of likely N-dealkylation sites (tertiary alicyclic amines) is 1. The second-order valence-corrected chi connectivity index (χ2v) is 10.0. The van der Waals surface area contributed by atoms with Crippen LogP contribution in [-0.2, 0) is 15.7 Å². The van der Waals surface area contributed by atoms with Crippen molar-refractivity contribution in [3.8, 4) is 0 Å². The molecule has 2 heterocycles. The number of alkyl halides is 3. The lowest BCUT2D eigenvalue weighted by Gasteiger charge is -2.54. The first-order chi connectivity index (χ1) is 15.0. The van der Waals surface area contributed by atoms with Crippen LogP contribution < -0.4 is 0 Å². The van der Waals surface area contributed by atoms with Crippen LogP contribution in [-0.4, -0.2) is 59.6 Å². The summed E-state index contributed by atoms with van der Waals surface area (Å²) in [5.74, 6) is 0.122. The largest absolute Gasteiger partial charge is 0.453 e. The highest BCUT2D eigenvalue weighted by Crippen LogP contribution is 2.56. The number of carbonyl (C=O) groups is 2. The molecule has 9 heteroatoms. The van der Waals surface area contributed by atoms with E-state index >= 15 is 0 Å². The van der Waals surface area contributed by atoms with E-state index in [0.29, 0.717) is 31.6 Å². The lowest BCUT2D eigenvalue weighted by atomic mass is 9.56. The maximum absolute atomic E-state index is 12.9. The molecule has 32 heavy (non-hydrogen) atoms. The Hall–Kier alpha value is -2.32. The number of carbonyl (C=O) groups excluding carboxylic acids is 2. The molecule has 2 saturated carbocycles. The summed E-state index contributed by atoms with van der Waals surface area (Å²) in [5.41, 5.74) is -0.561. The standard InChI is InChI=1S/C23H30F3N3O3/c1-21(28(2)20(31)32-3)11-16(12-21)19(30)29-9-7-22(8-10-29)13-15(14-22)17-5-4-6-18(27-17)23(24,25)26/h4-6,15-16H,7-14H2,1-3H3/t16-,21+. The van der Waals surface area contributed by atoms with Crippen molar-refractivity contribution in [2.24, 2.45) is 11.3 Å². The molecule has 0 unspecified atom stereocenters. The van der Waals surface area contributed by atoms with Gasteiger partial charge in [0.25, 0.3) is 0 Å². The van der Waals surface area contributed by atoms with Crippen LogP contribution in [0.4, 0.5) is 18.0 Å². The van der Waals surface area contributed by atoms with Crippen molar-refractivity contribution in [1.29, 1.82) is 0 Å². The molecule has 176 valence electrons. The molecule has 1 aromatic heterocycles. The lowest BCUT2D eigenvalue weighted by molar-refractivity contribution is -0.147. The van der Waals surface area contributed by atoms with E-state index in [4.69, 9.17) is 4.74 Å². The van der Waals surface area contributed by atoms with Crippen molar-refractivity contribution >= 4 is 12.0 Å². The Labute approximate surface area is 186 Å². The average Bonchev–Trinajstić information content (AvgIpc) is 2.73. The molecule has 4 rings (SSSR count). The average molecular weight is 454 g/mol. The monoisotopic (exact) mass is 453 g/mol. The van der Waals surface area contributed by atoms with Gasteiger partial charge in [-0.1, -0.05) is 6.07 Å².